The normalized spacial score (nSPS) is 19.0. The molecule has 2 N–H and O–H groups in total. The number of hydrogen-bond donors (Lipinski definition) is 2. The van der Waals surface area contributed by atoms with E-state index in [1.807, 2.05) is 7.05 Å². The second kappa shape index (κ2) is 7.29. The van der Waals surface area contributed by atoms with Gasteiger partial charge in [0, 0.05) is 13.1 Å². The fraction of sp³-hybridized carbons (Fsp3) is 0.533. The first-order chi connectivity index (χ1) is 10.8. The van der Waals surface area contributed by atoms with E-state index >= 15 is 0 Å². The van der Waals surface area contributed by atoms with E-state index in [0.29, 0.717) is 13.2 Å². The van der Waals surface area contributed by atoms with Crippen molar-refractivity contribution in [2.45, 2.75) is 18.2 Å². The minimum absolute atomic E-state index is 0.0651. The molecule has 128 valence electrons. The summed E-state index contributed by atoms with van der Waals surface area (Å²) in [6.45, 7) is 4.20. The SMILES string of the molecule is CCOc1ccc(S(=O)(=O)NCC2CCN(C)C2)cc1C(=O)O. The molecule has 0 aliphatic carbocycles. The Morgan fingerprint density at radius 2 is 2.22 bits per heavy atom. The molecule has 0 saturated carbocycles. The van der Waals surface area contributed by atoms with Crippen LogP contribution in [0.2, 0.25) is 0 Å². The Morgan fingerprint density at radius 3 is 2.78 bits per heavy atom. The van der Waals surface area contributed by atoms with E-state index in [1.54, 1.807) is 6.92 Å². The summed E-state index contributed by atoms with van der Waals surface area (Å²) >= 11 is 0. The number of nitrogens with one attached hydrogen (secondary N) is 1. The summed E-state index contributed by atoms with van der Waals surface area (Å²) in [6.07, 6.45) is 0.947. The molecule has 0 aromatic heterocycles. The molecule has 1 aliphatic rings. The highest BCUT2D eigenvalue weighted by Crippen LogP contribution is 2.23. The number of carbonyl (C=O) groups is 1. The Labute approximate surface area is 136 Å². The van der Waals surface area contributed by atoms with Crippen molar-refractivity contribution in [3.8, 4) is 5.75 Å². The van der Waals surface area contributed by atoms with Crippen LogP contribution >= 0.6 is 0 Å². The van der Waals surface area contributed by atoms with Crippen molar-refractivity contribution in [1.82, 2.24) is 9.62 Å². The third-order valence-electron chi connectivity index (χ3n) is 3.84. The van der Waals surface area contributed by atoms with Crippen molar-refractivity contribution in [2.75, 3.05) is 33.3 Å². The number of hydrogen-bond acceptors (Lipinski definition) is 5. The molecule has 1 fully saturated rings. The summed E-state index contributed by atoms with van der Waals surface area (Å²) in [5, 5.41) is 9.21. The Morgan fingerprint density at radius 1 is 1.48 bits per heavy atom. The second-order valence-electron chi connectivity index (χ2n) is 5.66. The average Bonchev–Trinajstić information content (AvgIpc) is 2.91. The van der Waals surface area contributed by atoms with Gasteiger partial charge in [-0.1, -0.05) is 0 Å². The molecular weight excluding hydrogens is 320 g/mol. The Hall–Kier alpha value is -1.64. The van der Waals surface area contributed by atoms with E-state index in [1.165, 1.54) is 12.1 Å². The summed E-state index contributed by atoms with van der Waals surface area (Å²) in [5.41, 5.74) is -0.157. The first-order valence-electron chi connectivity index (χ1n) is 7.52. The maximum Gasteiger partial charge on any atom is 0.339 e. The van der Waals surface area contributed by atoms with Crippen LogP contribution < -0.4 is 9.46 Å². The predicted octanol–water partition coefficient (Wildman–Crippen LogP) is 1.01. The lowest BCUT2D eigenvalue weighted by molar-refractivity contribution is 0.0692. The quantitative estimate of drug-likeness (QED) is 0.768. The molecule has 2 rings (SSSR count). The molecule has 7 nitrogen and oxygen atoms in total. The first-order valence-corrected chi connectivity index (χ1v) is 9.00. The fourth-order valence-corrected chi connectivity index (χ4v) is 3.77. The molecule has 1 unspecified atom stereocenters. The Balaban J connectivity index is 2.15. The van der Waals surface area contributed by atoms with Crippen molar-refractivity contribution in [1.29, 1.82) is 0 Å². The molecule has 0 spiro atoms. The van der Waals surface area contributed by atoms with Gasteiger partial charge in [0.15, 0.2) is 0 Å². The zero-order valence-electron chi connectivity index (χ0n) is 13.3. The topological polar surface area (TPSA) is 95.9 Å². The summed E-state index contributed by atoms with van der Waals surface area (Å²) < 4.78 is 32.5. The first kappa shape index (κ1) is 17.7. The highest BCUT2D eigenvalue weighted by Gasteiger charge is 2.24. The van der Waals surface area contributed by atoms with E-state index < -0.39 is 16.0 Å². The van der Waals surface area contributed by atoms with E-state index in [0.717, 1.165) is 25.6 Å². The number of carboxylic acid groups (broad SMARTS) is 1. The number of aromatic carboxylic acids is 1. The third-order valence-corrected chi connectivity index (χ3v) is 5.26. The molecule has 1 aliphatic heterocycles. The van der Waals surface area contributed by atoms with Crippen LogP contribution in [0.25, 0.3) is 0 Å². The molecule has 0 amide bonds. The van der Waals surface area contributed by atoms with Gasteiger partial charge in [-0.05, 0) is 51.1 Å². The van der Waals surface area contributed by atoms with Crippen LogP contribution in [0.1, 0.15) is 23.7 Å². The lowest BCUT2D eigenvalue weighted by atomic mass is 10.1. The summed E-state index contributed by atoms with van der Waals surface area (Å²) in [6, 6.07) is 3.88. The van der Waals surface area contributed by atoms with Crippen LogP contribution in [0.15, 0.2) is 23.1 Å². The number of rotatable bonds is 7. The van der Waals surface area contributed by atoms with Gasteiger partial charge in [0.25, 0.3) is 0 Å². The monoisotopic (exact) mass is 342 g/mol. The van der Waals surface area contributed by atoms with E-state index in [-0.39, 0.29) is 22.1 Å². The van der Waals surface area contributed by atoms with Crippen LogP contribution in [0.3, 0.4) is 0 Å². The van der Waals surface area contributed by atoms with E-state index in [9.17, 15) is 18.3 Å². The minimum Gasteiger partial charge on any atom is -0.493 e. The van der Waals surface area contributed by atoms with Gasteiger partial charge in [0.05, 0.1) is 11.5 Å². The van der Waals surface area contributed by atoms with Gasteiger partial charge < -0.3 is 14.7 Å². The maximum absolute atomic E-state index is 12.4. The van der Waals surface area contributed by atoms with Crippen molar-refractivity contribution in [2.24, 2.45) is 5.92 Å². The van der Waals surface area contributed by atoms with Crippen molar-refractivity contribution < 1.29 is 23.1 Å². The van der Waals surface area contributed by atoms with Crippen molar-refractivity contribution in [3.63, 3.8) is 0 Å². The fourth-order valence-electron chi connectivity index (χ4n) is 2.63. The Kier molecular flexibility index (Phi) is 5.61. The highest BCUT2D eigenvalue weighted by atomic mass is 32.2. The number of benzene rings is 1. The smallest absolute Gasteiger partial charge is 0.339 e. The van der Waals surface area contributed by atoms with Crippen LogP contribution in [-0.2, 0) is 10.0 Å². The molecule has 1 atom stereocenters. The standard InChI is InChI=1S/C15H22N2O5S/c1-3-22-14-5-4-12(8-13(14)15(18)19)23(20,21)16-9-11-6-7-17(2)10-11/h4-5,8,11,16H,3,6-7,9-10H2,1-2H3,(H,18,19). The van der Waals surface area contributed by atoms with Gasteiger partial charge >= 0.3 is 5.97 Å². The number of ether oxygens (including phenoxy) is 1. The average molecular weight is 342 g/mol. The summed E-state index contributed by atoms with van der Waals surface area (Å²) in [4.78, 5) is 13.4. The van der Waals surface area contributed by atoms with Gasteiger partial charge in [-0.15, -0.1) is 0 Å². The maximum atomic E-state index is 12.4. The number of sulfonamides is 1. The number of nitrogens with zero attached hydrogens (tertiary/aromatic N) is 1. The molecule has 0 bridgehead atoms. The molecule has 1 aromatic rings. The second-order valence-corrected chi connectivity index (χ2v) is 7.43. The zero-order chi connectivity index (χ0) is 17.0. The van der Waals surface area contributed by atoms with Crippen LogP contribution in [0, 0.1) is 5.92 Å². The van der Waals surface area contributed by atoms with Gasteiger partial charge in [0.1, 0.15) is 11.3 Å². The molecule has 0 radical (unpaired) electrons. The lowest BCUT2D eigenvalue weighted by Crippen LogP contribution is -2.30. The van der Waals surface area contributed by atoms with Gasteiger partial charge in [-0.3, -0.25) is 0 Å². The van der Waals surface area contributed by atoms with Gasteiger partial charge in [0.2, 0.25) is 10.0 Å². The van der Waals surface area contributed by atoms with Crippen LogP contribution in [-0.4, -0.2) is 57.7 Å². The van der Waals surface area contributed by atoms with E-state index in [2.05, 4.69) is 9.62 Å². The third kappa shape index (κ3) is 4.43. The molecule has 8 heteroatoms. The van der Waals surface area contributed by atoms with Gasteiger partial charge in [-0.25, -0.2) is 17.9 Å². The largest absolute Gasteiger partial charge is 0.493 e. The van der Waals surface area contributed by atoms with Crippen LogP contribution in [0.4, 0.5) is 0 Å². The molecule has 1 heterocycles. The lowest BCUT2D eigenvalue weighted by Gasteiger charge is -2.13. The summed E-state index contributed by atoms with van der Waals surface area (Å²) in [7, 11) is -1.74. The van der Waals surface area contributed by atoms with Crippen LogP contribution in [0.5, 0.6) is 5.75 Å². The van der Waals surface area contributed by atoms with Gasteiger partial charge in [-0.2, -0.15) is 0 Å². The molecule has 1 saturated heterocycles. The zero-order valence-corrected chi connectivity index (χ0v) is 14.1. The van der Waals surface area contributed by atoms with Crippen molar-refractivity contribution in [3.05, 3.63) is 23.8 Å². The number of likely N-dealkylation sites (tertiary alicyclic amines) is 1. The predicted molar refractivity (Wildman–Crippen MR) is 85.4 cm³/mol. The number of carboxylic acids is 1. The summed E-state index contributed by atoms with van der Waals surface area (Å²) in [5.74, 6) is -0.782. The molecule has 1 aromatic carbocycles. The Bertz CT molecular complexity index is 674. The van der Waals surface area contributed by atoms with E-state index in [4.69, 9.17) is 4.74 Å². The molecule has 23 heavy (non-hydrogen) atoms. The highest BCUT2D eigenvalue weighted by molar-refractivity contribution is 7.89. The minimum atomic E-state index is -3.74. The van der Waals surface area contributed by atoms with Crippen molar-refractivity contribution >= 4 is 16.0 Å². The molecular formula is C15H22N2O5S.